The van der Waals surface area contributed by atoms with Gasteiger partial charge in [0.05, 0.1) is 4.88 Å². The van der Waals surface area contributed by atoms with Crippen LogP contribution in [0, 0.1) is 6.92 Å². The van der Waals surface area contributed by atoms with Gasteiger partial charge in [-0.15, -0.1) is 11.3 Å². The summed E-state index contributed by atoms with van der Waals surface area (Å²) < 4.78 is 0. The van der Waals surface area contributed by atoms with Gasteiger partial charge in [-0.3, -0.25) is 9.59 Å². The summed E-state index contributed by atoms with van der Waals surface area (Å²) in [5.41, 5.74) is 5.50. The molecule has 0 aromatic carbocycles. The van der Waals surface area contributed by atoms with Gasteiger partial charge in [-0.2, -0.15) is 0 Å². The fourth-order valence-corrected chi connectivity index (χ4v) is 2.18. The number of nitrogens with two attached hydrogens (primary N) is 1. The van der Waals surface area contributed by atoms with Gasteiger partial charge in [0.1, 0.15) is 6.10 Å². The Morgan fingerprint density at radius 2 is 2.20 bits per heavy atom. The van der Waals surface area contributed by atoms with E-state index in [1.807, 2.05) is 0 Å². The molecule has 0 saturated carbocycles. The lowest BCUT2D eigenvalue weighted by Crippen LogP contribution is -2.33. The molecule has 6 heteroatoms. The maximum Gasteiger partial charge on any atom is 0.249 e. The van der Waals surface area contributed by atoms with Crippen molar-refractivity contribution in [3.8, 4) is 0 Å². The van der Waals surface area contributed by atoms with E-state index in [0.717, 1.165) is 11.3 Å². The van der Waals surface area contributed by atoms with E-state index >= 15 is 0 Å². The molecule has 1 amide bonds. The number of amides is 1. The van der Waals surface area contributed by atoms with Gasteiger partial charge in [0.25, 0.3) is 0 Å². The SMILES string of the molecule is Cc1cc(C=O)sc1C(O)C(O)C(N)=O. The number of hydrogen-bond acceptors (Lipinski definition) is 5. The molecule has 0 saturated heterocycles. The molecular weight excluding hydrogens is 218 g/mol. The van der Waals surface area contributed by atoms with Crippen molar-refractivity contribution in [3.63, 3.8) is 0 Å². The number of thiophene rings is 1. The molecule has 0 spiro atoms. The molecule has 0 radical (unpaired) electrons. The summed E-state index contributed by atoms with van der Waals surface area (Å²) in [5, 5.41) is 18.8. The minimum Gasteiger partial charge on any atom is -0.384 e. The number of primary amides is 1. The van der Waals surface area contributed by atoms with Gasteiger partial charge in [-0.05, 0) is 18.6 Å². The Morgan fingerprint density at radius 1 is 1.60 bits per heavy atom. The highest BCUT2D eigenvalue weighted by Crippen LogP contribution is 2.28. The van der Waals surface area contributed by atoms with E-state index in [9.17, 15) is 19.8 Å². The normalized spacial score (nSPS) is 14.6. The molecule has 0 fully saturated rings. The first-order chi connectivity index (χ1) is 6.97. The van der Waals surface area contributed by atoms with Gasteiger partial charge in [0.15, 0.2) is 12.4 Å². The van der Waals surface area contributed by atoms with Crippen LogP contribution in [-0.2, 0) is 4.79 Å². The third-order valence-corrected chi connectivity index (χ3v) is 3.18. The number of rotatable bonds is 4. The van der Waals surface area contributed by atoms with Crippen LogP contribution in [0.25, 0.3) is 0 Å². The van der Waals surface area contributed by atoms with Crippen molar-refractivity contribution in [3.05, 3.63) is 21.4 Å². The Kier molecular flexibility index (Phi) is 3.57. The van der Waals surface area contributed by atoms with Crippen LogP contribution in [0.1, 0.15) is 26.2 Å². The highest BCUT2D eigenvalue weighted by atomic mass is 32.1. The van der Waals surface area contributed by atoms with Gasteiger partial charge >= 0.3 is 0 Å². The first-order valence-electron chi connectivity index (χ1n) is 4.18. The van der Waals surface area contributed by atoms with Gasteiger partial charge in [-0.1, -0.05) is 0 Å². The molecule has 1 aromatic rings. The molecule has 15 heavy (non-hydrogen) atoms. The minimum atomic E-state index is -1.65. The first-order valence-corrected chi connectivity index (χ1v) is 5.00. The first kappa shape index (κ1) is 11.8. The molecule has 0 aliphatic heterocycles. The third kappa shape index (κ3) is 2.41. The van der Waals surface area contributed by atoms with Crippen molar-refractivity contribution < 1.29 is 19.8 Å². The maximum atomic E-state index is 10.6. The number of carbonyl (C=O) groups excluding carboxylic acids is 2. The van der Waals surface area contributed by atoms with Crippen LogP contribution in [0.15, 0.2) is 6.07 Å². The number of aldehydes is 1. The van der Waals surface area contributed by atoms with Crippen molar-refractivity contribution >= 4 is 23.5 Å². The summed E-state index contributed by atoms with van der Waals surface area (Å²) >= 11 is 1.03. The van der Waals surface area contributed by atoms with E-state index in [4.69, 9.17) is 5.73 Å². The second kappa shape index (κ2) is 4.52. The van der Waals surface area contributed by atoms with E-state index in [0.29, 0.717) is 21.6 Å². The average molecular weight is 229 g/mol. The number of carbonyl (C=O) groups is 2. The minimum absolute atomic E-state index is 0.378. The van der Waals surface area contributed by atoms with Crippen molar-refractivity contribution in [2.75, 3.05) is 0 Å². The van der Waals surface area contributed by atoms with Gasteiger partial charge in [0.2, 0.25) is 5.91 Å². The van der Waals surface area contributed by atoms with Crippen molar-refractivity contribution in [2.45, 2.75) is 19.1 Å². The topological polar surface area (TPSA) is 101 Å². The second-order valence-electron chi connectivity index (χ2n) is 3.11. The van der Waals surface area contributed by atoms with Crippen molar-refractivity contribution in [1.29, 1.82) is 0 Å². The fourth-order valence-electron chi connectivity index (χ4n) is 1.17. The molecule has 1 aromatic heterocycles. The van der Waals surface area contributed by atoms with Crippen molar-refractivity contribution in [1.82, 2.24) is 0 Å². The third-order valence-electron chi connectivity index (χ3n) is 1.95. The molecule has 2 atom stereocenters. The second-order valence-corrected chi connectivity index (χ2v) is 4.22. The van der Waals surface area contributed by atoms with E-state index < -0.39 is 18.1 Å². The molecule has 1 heterocycles. The van der Waals surface area contributed by atoms with E-state index in [-0.39, 0.29) is 0 Å². The van der Waals surface area contributed by atoms with E-state index in [1.165, 1.54) is 0 Å². The highest BCUT2D eigenvalue weighted by molar-refractivity contribution is 7.13. The zero-order valence-corrected chi connectivity index (χ0v) is 8.82. The van der Waals surface area contributed by atoms with Crippen LogP contribution >= 0.6 is 11.3 Å². The lowest BCUT2D eigenvalue weighted by Gasteiger charge is -2.13. The van der Waals surface area contributed by atoms with Crippen LogP contribution < -0.4 is 5.73 Å². The van der Waals surface area contributed by atoms with E-state index in [1.54, 1.807) is 13.0 Å². The monoisotopic (exact) mass is 229 g/mol. The quantitative estimate of drug-likeness (QED) is 0.619. The molecule has 4 N–H and O–H groups in total. The lowest BCUT2D eigenvalue weighted by atomic mass is 10.1. The molecule has 5 nitrogen and oxygen atoms in total. The van der Waals surface area contributed by atoms with Crippen LogP contribution in [-0.4, -0.2) is 28.5 Å². The number of aliphatic hydroxyl groups excluding tert-OH is 2. The summed E-state index contributed by atoms with van der Waals surface area (Å²) in [6.45, 7) is 1.68. The van der Waals surface area contributed by atoms with Gasteiger partial charge < -0.3 is 15.9 Å². The predicted octanol–water partition coefficient (Wildman–Crippen LogP) is -0.251. The van der Waals surface area contributed by atoms with Crippen LogP contribution in [0.3, 0.4) is 0 Å². The summed E-state index contributed by atoms with van der Waals surface area (Å²) in [7, 11) is 0. The molecule has 1 rings (SSSR count). The molecule has 82 valence electrons. The zero-order valence-electron chi connectivity index (χ0n) is 8.01. The number of aryl methyl sites for hydroxylation is 1. The lowest BCUT2D eigenvalue weighted by molar-refractivity contribution is -0.131. The fraction of sp³-hybridized carbons (Fsp3) is 0.333. The van der Waals surface area contributed by atoms with Crippen LogP contribution in [0.2, 0.25) is 0 Å². The van der Waals surface area contributed by atoms with Gasteiger partial charge in [-0.25, -0.2) is 0 Å². The number of hydrogen-bond donors (Lipinski definition) is 3. The Morgan fingerprint density at radius 3 is 2.60 bits per heavy atom. The summed E-state index contributed by atoms with van der Waals surface area (Å²) in [5.74, 6) is -0.997. The van der Waals surface area contributed by atoms with Crippen molar-refractivity contribution in [2.24, 2.45) is 5.73 Å². The molecule has 0 aliphatic rings. The summed E-state index contributed by atoms with van der Waals surface area (Å²) in [4.78, 5) is 21.9. The smallest absolute Gasteiger partial charge is 0.249 e. The van der Waals surface area contributed by atoms with E-state index in [2.05, 4.69) is 0 Å². The maximum absolute atomic E-state index is 10.6. The Bertz CT molecular complexity index is 387. The Hall–Kier alpha value is -1.24. The summed E-state index contributed by atoms with van der Waals surface area (Å²) in [6.07, 6.45) is -2.38. The number of aliphatic hydroxyl groups is 2. The Labute approximate surface area is 90.1 Å². The average Bonchev–Trinajstić information content (AvgIpc) is 2.57. The molecule has 0 bridgehead atoms. The molecule has 2 unspecified atom stereocenters. The van der Waals surface area contributed by atoms with Crippen LogP contribution in [0.5, 0.6) is 0 Å². The summed E-state index contributed by atoms with van der Waals surface area (Å²) in [6, 6.07) is 1.57. The molecular formula is C9H11NO4S. The predicted molar refractivity (Wildman–Crippen MR) is 54.6 cm³/mol. The zero-order chi connectivity index (χ0) is 11.6. The van der Waals surface area contributed by atoms with Crippen LogP contribution in [0.4, 0.5) is 0 Å². The largest absolute Gasteiger partial charge is 0.384 e. The van der Waals surface area contributed by atoms with Gasteiger partial charge in [0, 0.05) is 4.88 Å². The highest BCUT2D eigenvalue weighted by Gasteiger charge is 2.26. The Balaban J connectivity index is 2.99. The molecule has 0 aliphatic carbocycles. The standard InChI is InChI=1S/C9H11NO4S/c1-4-2-5(3-11)15-8(4)6(12)7(13)9(10)14/h2-3,6-7,12-13H,1H3,(H2,10,14).